The second-order valence-electron chi connectivity index (χ2n) is 4.73. The van der Waals surface area contributed by atoms with Crippen molar-refractivity contribution in [1.82, 2.24) is 0 Å². The van der Waals surface area contributed by atoms with Crippen LogP contribution in [0.25, 0.3) is 0 Å². The Kier molecular flexibility index (Phi) is 4.03. The van der Waals surface area contributed by atoms with Gasteiger partial charge in [-0.25, -0.2) is 17.9 Å². The topological polar surface area (TPSA) is 106 Å². The van der Waals surface area contributed by atoms with Gasteiger partial charge in [0.05, 0.1) is 17.1 Å². The first kappa shape index (κ1) is 15.2. The summed E-state index contributed by atoms with van der Waals surface area (Å²) in [6, 6.07) is 2.31. The molecule has 1 aromatic carbocycles. The SMILES string of the molecule is Nc1cc(F)cc(Br)c1N1CC(CS(N)(=O)=O)CC1=O. The fourth-order valence-electron chi connectivity index (χ4n) is 2.31. The molecule has 1 unspecified atom stereocenters. The number of anilines is 2. The van der Waals surface area contributed by atoms with Crippen LogP contribution >= 0.6 is 15.9 Å². The Morgan fingerprint density at radius 2 is 2.10 bits per heavy atom. The van der Waals surface area contributed by atoms with Crippen LogP contribution < -0.4 is 15.8 Å². The van der Waals surface area contributed by atoms with Crippen molar-refractivity contribution in [2.45, 2.75) is 6.42 Å². The normalized spacial score (nSPS) is 19.6. The number of nitrogen functional groups attached to an aromatic ring is 1. The third-order valence-electron chi connectivity index (χ3n) is 3.00. The van der Waals surface area contributed by atoms with Gasteiger partial charge in [0.25, 0.3) is 0 Å². The standard InChI is InChI=1S/C11H13BrFN3O3S/c12-8-2-7(13)3-9(14)11(8)16-4-6(1-10(16)17)5-20(15,18)19/h2-3,6H,1,4-5,14H2,(H2,15,18,19). The number of halogens is 2. The maximum absolute atomic E-state index is 13.2. The molecule has 0 bridgehead atoms. The van der Waals surface area contributed by atoms with Crippen LogP contribution in [0.5, 0.6) is 0 Å². The van der Waals surface area contributed by atoms with Gasteiger partial charge < -0.3 is 10.6 Å². The Morgan fingerprint density at radius 1 is 1.45 bits per heavy atom. The number of carbonyl (C=O) groups is 1. The van der Waals surface area contributed by atoms with Crippen molar-refractivity contribution in [2.24, 2.45) is 11.1 Å². The Hall–Kier alpha value is -1.19. The highest BCUT2D eigenvalue weighted by atomic mass is 79.9. The van der Waals surface area contributed by atoms with Crippen LogP contribution in [-0.4, -0.2) is 26.6 Å². The van der Waals surface area contributed by atoms with Crippen LogP contribution in [0, 0.1) is 11.7 Å². The maximum atomic E-state index is 13.2. The molecule has 9 heteroatoms. The van der Waals surface area contributed by atoms with Crippen LogP contribution in [0.15, 0.2) is 16.6 Å². The zero-order chi connectivity index (χ0) is 15.1. The van der Waals surface area contributed by atoms with Crippen molar-refractivity contribution in [3.8, 4) is 0 Å². The van der Waals surface area contributed by atoms with E-state index in [4.69, 9.17) is 10.9 Å². The molecule has 1 atom stereocenters. The van der Waals surface area contributed by atoms with E-state index >= 15 is 0 Å². The molecule has 0 aromatic heterocycles. The molecule has 4 N–H and O–H groups in total. The number of nitrogens with two attached hydrogens (primary N) is 2. The minimum atomic E-state index is -3.65. The first-order valence-electron chi connectivity index (χ1n) is 5.72. The monoisotopic (exact) mass is 365 g/mol. The number of hydrogen-bond donors (Lipinski definition) is 2. The van der Waals surface area contributed by atoms with Gasteiger partial charge in [0.15, 0.2) is 0 Å². The van der Waals surface area contributed by atoms with E-state index in [1.54, 1.807) is 0 Å². The largest absolute Gasteiger partial charge is 0.397 e. The van der Waals surface area contributed by atoms with Crippen molar-refractivity contribution < 1.29 is 17.6 Å². The summed E-state index contributed by atoms with van der Waals surface area (Å²) in [7, 11) is -3.65. The van der Waals surface area contributed by atoms with Gasteiger partial charge in [-0.2, -0.15) is 0 Å². The van der Waals surface area contributed by atoms with Gasteiger partial charge in [0.1, 0.15) is 5.82 Å². The number of carbonyl (C=O) groups excluding carboxylic acids is 1. The van der Waals surface area contributed by atoms with Gasteiger partial charge in [-0.05, 0) is 28.1 Å². The zero-order valence-corrected chi connectivity index (χ0v) is 12.7. The number of sulfonamides is 1. The molecule has 1 aromatic rings. The van der Waals surface area contributed by atoms with E-state index in [2.05, 4.69) is 15.9 Å². The summed E-state index contributed by atoms with van der Waals surface area (Å²) in [6.07, 6.45) is 0.0691. The van der Waals surface area contributed by atoms with Crippen LogP contribution in [0.2, 0.25) is 0 Å². The molecular weight excluding hydrogens is 353 g/mol. The number of rotatable bonds is 3. The molecule has 0 spiro atoms. The summed E-state index contributed by atoms with van der Waals surface area (Å²) in [6.45, 7) is 0.184. The Labute approximate surface area is 124 Å². The van der Waals surface area contributed by atoms with E-state index in [1.165, 1.54) is 11.0 Å². The van der Waals surface area contributed by atoms with Gasteiger partial charge in [-0.15, -0.1) is 0 Å². The number of nitrogens with zero attached hydrogens (tertiary/aromatic N) is 1. The van der Waals surface area contributed by atoms with Crippen LogP contribution in [0.4, 0.5) is 15.8 Å². The molecule has 0 radical (unpaired) electrons. The average Bonchev–Trinajstić information content (AvgIpc) is 2.55. The van der Waals surface area contributed by atoms with E-state index < -0.39 is 21.8 Å². The van der Waals surface area contributed by atoms with Gasteiger partial charge in [-0.1, -0.05) is 0 Å². The first-order chi connectivity index (χ1) is 9.17. The molecule has 1 amide bonds. The minimum absolute atomic E-state index is 0.0691. The number of benzene rings is 1. The zero-order valence-electron chi connectivity index (χ0n) is 10.3. The predicted molar refractivity (Wildman–Crippen MR) is 76.9 cm³/mol. The molecule has 2 rings (SSSR count). The van der Waals surface area contributed by atoms with Crippen LogP contribution in [0.3, 0.4) is 0 Å². The lowest BCUT2D eigenvalue weighted by molar-refractivity contribution is -0.117. The van der Waals surface area contributed by atoms with Crippen LogP contribution in [-0.2, 0) is 14.8 Å². The molecule has 20 heavy (non-hydrogen) atoms. The van der Waals surface area contributed by atoms with E-state index in [-0.39, 0.29) is 30.3 Å². The second-order valence-corrected chi connectivity index (χ2v) is 7.24. The quantitative estimate of drug-likeness (QED) is 0.772. The number of primary sulfonamides is 1. The van der Waals surface area contributed by atoms with Gasteiger partial charge in [0.2, 0.25) is 15.9 Å². The molecule has 1 fully saturated rings. The summed E-state index contributed by atoms with van der Waals surface area (Å²) in [5.74, 6) is -1.45. The van der Waals surface area contributed by atoms with E-state index in [0.717, 1.165) is 6.07 Å². The summed E-state index contributed by atoms with van der Waals surface area (Å²) in [5, 5.41) is 4.98. The first-order valence-corrected chi connectivity index (χ1v) is 8.23. The molecule has 110 valence electrons. The van der Waals surface area contributed by atoms with Crippen molar-refractivity contribution in [2.75, 3.05) is 22.9 Å². The fourth-order valence-corrected chi connectivity index (χ4v) is 3.85. The van der Waals surface area contributed by atoms with E-state index in [9.17, 15) is 17.6 Å². The number of amides is 1. The Morgan fingerprint density at radius 3 is 2.65 bits per heavy atom. The van der Waals surface area contributed by atoms with Gasteiger partial charge in [-0.3, -0.25) is 4.79 Å². The fraction of sp³-hybridized carbons (Fsp3) is 0.364. The lowest BCUT2D eigenvalue weighted by Crippen LogP contribution is -2.28. The van der Waals surface area contributed by atoms with Crippen molar-refractivity contribution in [1.29, 1.82) is 0 Å². The highest BCUT2D eigenvalue weighted by Crippen LogP contribution is 2.37. The third-order valence-corrected chi connectivity index (χ3v) is 4.54. The molecule has 1 aliphatic rings. The van der Waals surface area contributed by atoms with Gasteiger partial charge >= 0.3 is 0 Å². The smallest absolute Gasteiger partial charge is 0.227 e. The van der Waals surface area contributed by atoms with Crippen molar-refractivity contribution >= 4 is 43.2 Å². The third kappa shape index (κ3) is 3.28. The molecule has 6 nitrogen and oxygen atoms in total. The summed E-state index contributed by atoms with van der Waals surface area (Å²) in [4.78, 5) is 13.3. The highest BCUT2D eigenvalue weighted by molar-refractivity contribution is 9.10. The maximum Gasteiger partial charge on any atom is 0.227 e. The van der Waals surface area contributed by atoms with E-state index in [0.29, 0.717) is 10.2 Å². The molecule has 1 heterocycles. The summed E-state index contributed by atoms with van der Waals surface area (Å²) >= 11 is 3.16. The number of hydrogen-bond acceptors (Lipinski definition) is 4. The van der Waals surface area contributed by atoms with Gasteiger partial charge in [0, 0.05) is 23.4 Å². The lowest BCUT2D eigenvalue weighted by atomic mass is 10.1. The molecule has 1 saturated heterocycles. The second kappa shape index (κ2) is 5.30. The van der Waals surface area contributed by atoms with Crippen molar-refractivity contribution in [3.63, 3.8) is 0 Å². The Balaban J connectivity index is 2.29. The minimum Gasteiger partial charge on any atom is -0.397 e. The summed E-state index contributed by atoms with van der Waals surface area (Å²) in [5.41, 5.74) is 6.20. The molecular formula is C11H13BrFN3O3S. The molecule has 0 saturated carbocycles. The molecule has 1 aliphatic heterocycles. The molecule has 0 aliphatic carbocycles. The predicted octanol–water partition coefficient (Wildman–Crippen LogP) is 0.812. The average molecular weight is 366 g/mol. The van der Waals surface area contributed by atoms with Crippen molar-refractivity contribution in [3.05, 3.63) is 22.4 Å². The Bertz CT molecular complexity index is 642. The van der Waals surface area contributed by atoms with Crippen LogP contribution in [0.1, 0.15) is 6.42 Å². The highest BCUT2D eigenvalue weighted by Gasteiger charge is 2.34. The summed E-state index contributed by atoms with van der Waals surface area (Å²) < 4.78 is 35.7. The van der Waals surface area contributed by atoms with E-state index in [1.807, 2.05) is 0 Å². The lowest BCUT2D eigenvalue weighted by Gasteiger charge is -2.20.